The van der Waals surface area contributed by atoms with Crippen LogP contribution in [-0.4, -0.2) is 29.6 Å². The van der Waals surface area contributed by atoms with Gasteiger partial charge in [0.15, 0.2) is 0 Å². The second-order valence-electron chi connectivity index (χ2n) is 3.22. The SMILES string of the molecule is NC(=O)c1csc(CNCC(O)C(N)=O)c1. The molecule has 1 rings (SSSR count). The van der Waals surface area contributed by atoms with Crippen LogP contribution in [0.5, 0.6) is 0 Å². The van der Waals surface area contributed by atoms with Crippen molar-refractivity contribution < 1.29 is 14.7 Å². The lowest BCUT2D eigenvalue weighted by Crippen LogP contribution is -2.37. The Morgan fingerprint density at radius 3 is 2.69 bits per heavy atom. The van der Waals surface area contributed by atoms with Crippen LogP contribution in [0, 0.1) is 0 Å². The van der Waals surface area contributed by atoms with Crippen LogP contribution in [0.25, 0.3) is 0 Å². The largest absolute Gasteiger partial charge is 0.382 e. The third-order valence-electron chi connectivity index (χ3n) is 1.90. The molecule has 1 atom stereocenters. The highest BCUT2D eigenvalue weighted by Crippen LogP contribution is 2.13. The van der Waals surface area contributed by atoms with Crippen LogP contribution in [0.1, 0.15) is 15.2 Å². The first kappa shape index (κ1) is 12.6. The van der Waals surface area contributed by atoms with Crippen LogP contribution in [0.2, 0.25) is 0 Å². The summed E-state index contributed by atoms with van der Waals surface area (Å²) in [5.41, 5.74) is 10.4. The van der Waals surface area contributed by atoms with Crippen molar-refractivity contribution in [2.24, 2.45) is 11.5 Å². The van der Waals surface area contributed by atoms with E-state index in [-0.39, 0.29) is 6.54 Å². The molecule has 1 aromatic rings. The summed E-state index contributed by atoms with van der Waals surface area (Å²) in [7, 11) is 0. The maximum absolute atomic E-state index is 10.8. The van der Waals surface area contributed by atoms with Crippen LogP contribution in [0.15, 0.2) is 11.4 Å². The number of nitrogens with two attached hydrogens (primary N) is 2. The first-order chi connectivity index (χ1) is 7.50. The standard InChI is InChI=1S/C9H13N3O3S/c10-8(14)5-1-6(16-4-5)2-12-3-7(13)9(11)15/h1,4,7,12-13H,2-3H2,(H2,10,14)(H2,11,15). The van der Waals surface area contributed by atoms with Gasteiger partial charge in [-0.1, -0.05) is 0 Å². The van der Waals surface area contributed by atoms with Gasteiger partial charge in [0.1, 0.15) is 6.10 Å². The van der Waals surface area contributed by atoms with E-state index in [1.54, 1.807) is 11.4 Å². The predicted molar refractivity (Wildman–Crippen MR) is 59.7 cm³/mol. The average Bonchev–Trinajstić information content (AvgIpc) is 2.66. The van der Waals surface area contributed by atoms with Gasteiger partial charge in [-0.2, -0.15) is 0 Å². The first-order valence-corrected chi connectivity index (χ1v) is 5.44. The Balaban J connectivity index is 2.37. The average molecular weight is 243 g/mol. The molecular weight excluding hydrogens is 230 g/mol. The number of carbonyl (C=O) groups excluding carboxylic acids is 2. The molecule has 1 unspecified atom stereocenters. The lowest BCUT2D eigenvalue weighted by Gasteiger charge is -2.06. The van der Waals surface area contributed by atoms with Crippen molar-refractivity contribution in [2.75, 3.05) is 6.54 Å². The molecule has 1 heterocycles. The molecule has 1 aromatic heterocycles. The number of primary amides is 2. The third kappa shape index (κ3) is 3.61. The summed E-state index contributed by atoms with van der Waals surface area (Å²) in [6, 6.07) is 1.66. The van der Waals surface area contributed by atoms with Crippen LogP contribution < -0.4 is 16.8 Å². The Labute approximate surface area is 96.2 Å². The van der Waals surface area contributed by atoms with Crippen LogP contribution >= 0.6 is 11.3 Å². The number of rotatable bonds is 6. The number of hydrogen-bond acceptors (Lipinski definition) is 5. The van der Waals surface area contributed by atoms with Gasteiger partial charge in [-0.15, -0.1) is 11.3 Å². The smallest absolute Gasteiger partial charge is 0.249 e. The molecule has 7 heteroatoms. The lowest BCUT2D eigenvalue weighted by molar-refractivity contribution is -0.125. The monoisotopic (exact) mass is 243 g/mol. The molecule has 0 spiro atoms. The zero-order valence-corrected chi connectivity index (χ0v) is 9.29. The summed E-state index contributed by atoms with van der Waals surface area (Å²) in [6.07, 6.45) is -1.20. The molecule has 0 bridgehead atoms. The number of carbonyl (C=O) groups is 2. The van der Waals surface area contributed by atoms with E-state index in [0.717, 1.165) is 4.88 Å². The fourth-order valence-electron chi connectivity index (χ4n) is 1.04. The van der Waals surface area contributed by atoms with E-state index < -0.39 is 17.9 Å². The van der Waals surface area contributed by atoms with Crippen LogP contribution in [-0.2, 0) is 11.3 Å². The highest BCUT2D eigenvalue weighted by molar-refractivity contribution is 7.10. The van der Waals surface area contributed by atoms with E-state index in [0.29, 0.717) is 12.1 Å². The topological polar surface area (TPSA) is 118 Å². The highest BCUT2D eigenvalue weighted by atomic mass is 32.1. The van der Waals surface area contributed by atoms with E-state index in [4.69, 9.17) is 16.6 Å². The van der Waals surface area contributed by atoms with Gasteiger partial charge in [0.25, 0.3) is 0 Å². The molecule has 0 aliphatic rings. The van der Waals surface area contributed by atoms with Crippen molar-refractivity contribution in [1.82, 2.24) is 5.32 Å². The summed E-state index contributed by atoms with van der Waals surface area (Å²) in [5, 5.41) is 13.6. The minimum atomic E-state index is -1.20. The molecule has 6 N–H and O–H groups in total. The quantitative estimate of drug-likeness (QED) is 0.501. The van der Waals surface area contributed by atoms with Gasteiger partial charge in [0.05, 0.1) is 5.56 Å². The zero-order valence-electron chi connectivity index (χ0n) is 8.47. The maximum atomic E-state index is 10.8. The van der Waals surface area contributed by atoms with Gasteiger partial charge in [0, 0.05) is 23.3 Å². The minimum absolute atomic E-state index is 0.0825. The molecule has 0 saturated heterocycles. The second kappa shape index (κ2) is 5.59. The fraction of sp³-hybridized carbons (Fsp3) is 0.333. The van der Waals surface area contributed by atoms with Crippen molar-refractivity contribution in [2.45, 2.75) is 12.6 Å². The molecule has 0 fully saturated rings. The molecule has 0 aromatic carbocycles. The zero-order chi connectivity index (χ0) is 12.1. The molecule has 6 nitrogen and oxygen atoms in total. The molecule has 16 heavy (non-hydrogen) atoms. The summed E-state index contributed by atoms with van der Waals surface area (Å²) >= 11 is 1.38. The van der Waals surface area contributed by atoms with Crippen LogP contribution in [0.4, 0.5) is 0 Å². The van der Waals surface area contributed by atoms with Crippen LogP contribution in [0.3, 0.4) is 0 Å². The van der Waals surface area contributed by atoms with Crippen molar-refractivity contribution >= 4 is 23.2 Å². The van der Waals surface area contributed by atoms with Gasteiger partial charge < -0.3 is 21.9 Å². The van der Waals surface area contributed by atoms with Gasteiger partial charge >= 0.3 is 0 Å². The van der Waals surface area contributed by atoms with Crippen molar-refractivity contribution in [1.29, 1.82) is 0 Å². The summed E-state index contributed by atoms with van der Waals surface area (Å²) in [6.45, 7) is 0.529. The normalized spacial score (nSPS) is 12.3. The first-order valence-electron chi connectivity index (χ1n) is 4.56. The second-order valence-corrected chi connectivity index (χ2v) is 4.21. The third-order valence-corrected chi connectivity index (χ3v) is 2.84. The number of aliphatic hydroxyl groups excluding tert-OH is 1. The van der Waals surface area contributed by atoms with Gasteiger partial charge in [-0.05, 0) is 6.07 Å². The molecular formula is C9H13N3O3S. The minimum Gasteiger partial charge on any atom is -0.382 e. The van der Waals surface area contributed by atoms with E-state index >= 15 is 0 Å². The Morgan fingerprint density at radius 2 is 2.19 bits per heavy atom. The predicted octanol–water partition coefficient (Wildman–Crippen LogP) is -1.22. The summed E-state index contributed by atoms with van der Waals surface area (Å²) in [5.74, 6) is -1.24. The number of nitrogens with one attached hydrogen (secondary N) is 1. The summed E-state index contributed by atoms with van der Waals surface area (Å²) in [4.78, 5) is 22.2. The Kier molecular flexibility index (Phi) is 4.41. The Hall–Kier alpha value is -1.44. The molecule has 0 aliphatic heterocycles. The van der Waals surface area contributed by atoms with Gasteiger partial charge in [-0.3, -0.25) is 9.59 Å². The maximum Gasteiger partial charge on any atom is 0.249 e. The molecule has 0 saturated carbocycles. The number of thiophene rings is 1. The Morgan fingerprint density at radius 1 is 1.50 bits per heavy atom. The van der Waals surface area contributed by atoms with Gasteiger partial charge in [0.2, 0.25) is 11.8 Å². The molecule has 88 valence electrons. The molecule has 0 radical (unpaired) electrons. The Bertz CT molecular complexity index is 391. The fourth-order valence-corrected chi connectivity index (χ4v) is 1.88. The molecule has 0 aliphatic carbocycles. The summed E-state index contributed by atoms with van der Waals surface area (Å²) < 4.78 is 0. The van der Waals surface area contributed by atoms with Crippen molar-refractivity contribution in [3.8, 4) is 0 Å². The van der Waals surface area contributed by atoms with E-state index in [1.165, 1.54) is 11.3 Å². The highest BCUT2D eigenvalue weighted by Gasteiger charge is 2.10. The number of hydrogen-bond donors (Lipinski definition) is 4. The van der Waals surface area contributed by atoms with E-state index in [9.17, 15) is 9.59 Å². The van der Waals surface area contributed by atoms with Crippen molar-refractivity contribution in [3.63, 3.8) is 0 Å². The molecule has 2 amide bonds. The number of amides is 2. The van der Waals surface area contributed by atoms with Gasteiger partial charge in [-0.25, -0.2) is 0 Å². The van der Waals surface area contributed by atoms with E-state index in [2.05, 4.69) is 5.32 Å². The van der Waals surface area contributed by atoms with Crippen molar-refractivity contribution in [3.05, 3.63) is 21.9 Å². The lowest BCUT2D eigenvalue weighted by atomic mass is 10.3. The van der Waals surface area contributed by atoms with E-state index in [1.807, 2.05) is 0 Å². The number of aliphatic hydroxyl groups is 1.